The average molecular weight is 267 g/mol. The fraction of sp³-hybridized carbons (Fsp3) is 0.471. The van der Waals surface area contributed by atoms with Crippen LogP contribution in [0.1, 0.15) is 54.6 Å². The molecular weight excluding hydrogens is 246 g/mol. The van der Waals surface area contributed by atoms with Gasteiger partial charge in [0.2, 0.25) is 0 Å². The summed E-state index contributed by atoms with van der Waals surface area (Å²) in [7, 11) is 0. The molecule has 2 atom stereocenters. The second-order valence-corrected chi connectivity index (χ2v) is 5.98. The number of imidazole rings is 1. The molecule has 0 bridgehead atoms. The highest BCUT2D eigenvalue weighted by molar-refractivity contribution is 5.33. The monoisotopic (exact) mass is 267 g/mol. The summed E-state index contributed by atoms with van der Waals surface area (Å²) in [4.78, 5) is 4.44. The van der Waals surface area contributed by atoms with Crippen LogP contribution >= 0.6 is 0 Å². The molecule has 1 N–H and O–H groups in total. The Morgan fingerprint density at radius 2 is 2.10 bits per heavy atom. The van der Waals surface area contributed by atoms with Crippen molar-refractivity contribution in [3.05, 3.63) is 53.6 Å². The molecule has 1 aliphatic carbocycles. The summed E-state index contributed by atoms with van der Waals surface area (Å²) < 4.78 is 2.42. The predicted octanol–water partition coefficient (Wildman–Crippen LogP) is 3.23. The van der Waals surface area contributed by atoms with Crippen LogP contribution in [0, 0.1) is 0 Å². The van der Waals surface area contributed by atoms with Crippen molar-refractivity contribution in [2.24, 2.45) is 0 Å². The number of benzene rings is 1. The van der Waals surface area contributed by atoms with Gasteiger partial charge in [0, 0.05) is 12.2 Å². The van der Waals surface area contributed by atoms with E-state index in [1.165, 1.54) is 48.9 Å². The number of hydrogen-bond donors (Lipinski definition) is 1. The molecule has 3 nitrogen and oxygen atoms in total. The smallest absolute Gasteiger partial charge is 0.0954 e. The Labute approximate surface area is 120 Å². The van der Waals surface area contributed by atoms with E-state index in [0.29, 0.717) is 12.1 Å². The normalized spacial score (nSPS) is 25.6. The highest BCUT2D eigenvalue weighted by atomic mass is 15.1. The van der Waals surface area contributed by atoms with Gasteiger partial charge in [0.1, 0.15) is 0 Å². The highest BCUT2D eigenvalue weighted by Gasteiger charge is 2.26. The van der Waals surface area contributed by atoms with E-state index in [1.807, 2.05) is 6.33 Å². The van der Waals surface area contributed by atoms with Crippen molar-refractivity contribution in [1.82, 2.24) is 14.9 Å². The topological polar surface area (TPSA) is 29.9 Å². The van der Waals surface area contributed by atoms with Gasteiger partial charge in [0.25, 0.3) is 0 Å². The number of hydrogen-bond acceptors (Lipinski definition) is 2. The molecule has 1 aromatic carbocycles. The molecule has 3 heteroatoms. The Bertz CT molecular complexity index is 596. The molecule has 0 spiro atoms. The van der Waals surface area contributed by atoms with Gasteiger partial charge in [-0.25, -0.2) is 4.98 Å². The minimum atomic E-state index is 0.472. The number of nitrogens with one attached hydrogen (secondary N) is 1. The molecule has 0 amide bonds. The zero-order valence-electron chi connectivity index (χ0n) is 11.8. The van der Waals surface area contributed by atoms with Crippen LogP contribution in [0.2, 0.25) is 0 Å². The summed E-state index contributed by atoms with van der Waals surface area (Å²) in [6, 6.07) is 9.87. The quantitative estimate of drug-likeness (QED) is 0.905. The molecule has 2 heterocycles. The molecule has 1 saturated heterocycles. The van der Waals surface area contributed by atoms with Crippen molar-refractivity contribution < 1.29 is 0 Å². The molecule has 4 rings (SSSR count). The van der Waals surface area contributed by atoms with Crippen LogP contribution in [-0.4, -0.2) is 16.1 Å². The summed E-state index contributed by atoms with van der Waals surface area (Å²) in [5.41, 5.74) is 4.38. The maximum absolute atomic E-state index is 4.44. The summed E-state index contributed by atoms with van der Waals surface area (Å²) >= 11 is 0. The molecule has 104 valence electrons. The van der Waals surface area contributed by atoms with Crippen molar-refractivity contribution in [1.29, 1.82) is 0 Å². The number of rotatable bonds is 2. The fourth-order valence-corrected chi connectivity index (χ4v) is 3.80. The first-order valence-corrected chi connectivity index (χ1v) is 7.76. The van der Waals surface area contributed by atoms with Gasteiger partial charge in [-0.1, -0.05) is 24.3 Å². The van der Waals surface area contributed by atoms with Crippen molar-refractivity contribution in [2.45, 2.75) is 44.2 Å². The lowest BCUT2D eigenvalue weighted by Gasteiger charge is -2.29. The SMILES string of the molecule is c1ccc2c(c1)CCCC2n1cncc1[C@@H]1CCCN1. The molecule has 0 saturated carbocycles. The number of aromatic nitrogens is 2. The lowest BCUT2D eigenvalue weighted by molar-refractivity contribution is 0.456. The van der Waals surface area contributed by atoms with Crippen LogP contribution in [0.3, 0.4) is 0 Å². The van der Waals surface area contributed by atoms with E-state index < -0.39 is 0 Å². The van der Waals surface area contributed by atoms with E-state index in [1.54, 1.807) is 0 Å². The Kier molecular flexibility index (Phi) is 3.07. The second-order valence-electron chi connectivity index (χ2n) is 5.98. The van der Waals surface area contributed by atoms with Gasteiger partial charge in [0.05, 0.1) is 18.1 Å². The second kappa shape index (κ2) is 5.06. The molecule has 20 heavy (non-hydrogen) atoms. The van der Waals surface area contributed by atoms with Gasteiger partial charge >= 0.3 is 0 Å². The van der Waals surface area contributed by atoms with Crippen LogP contribution < -0.4 is 5.32 Å². The van der Waals surface area contributed by atoms with Crippen molar-refractivity contribution in [2.75, 3.05) is 6.54 Å². The van der Waals surface area contributed by atoms with Gasteiger partial charge in [0.15, 0.2) is 0 Å². The van der Waals surface area contributed by atoms with E-state index in [4.69, 9.17) is 0 Å². The van der Waals surface area contributed by atoms with Crippen LogP contribution in [0.5, 0.6) is 0 Å². The Hall–Kier alpha value is -1.61. The van der Waals surface area contributed by atoms with Crippen molar-refractivity contribution in [3.8, 4) is 0 Å². The average Bonchev–Trinajstić information content (AvgIpc) is 3.17. The highest BCUT2D eigenvalue weighted by Crippen LogP contribution is 2.35. The number of fused-ring (bicyclic) bond motifs is 1. The minimum absolute atomic E-state index is 0.472. The largest absolute Gasteiger partial charge is 0.326 e. The van der Waals surface area contributed by atoms with Gasteiger partial charge in [-0.3, -0.25) is 0 Å². The standard InChI is InChI=1S/C17H21N3/c1-2-7-14-13(5-1)6-3-9-16(14)20-12-18-11-17(20)15-8-4-10-19-15/h1-2,5,7,11-12,15-16,19H,3-4,6,8-10H2/t15-,16?/m0/s1. The number of nitrogens with zero attached hydrogens (tertiary/aromatic N) is 2. The zero-order valence-corrected chi connectivity index (χ0v) is 11.8. The molecule has 1 aliphatic heterocycles. The van der Waals surface area contributed by atoms with E-state index in [-0.39, 0.29) is 0 Å². The van der Waals surface area contributed by atoms with Gasteiger partial charge in [-0.15, -0.1) is 0 Å². The Morgan fingerprint density at radius 1 is 1.15 bits per heavy atom. The molecule has 1 fully saturated rings. The molecule has 2 aromatic rings. The van der Waals surface area contributed by atoms with Gasteiger partial charge in [-0.2, -0.15) is 0 Å². The number of aryl methyl sites for hydroxylation is 1. The van der Waals surface area contributed by atoms with Crippen LogP contribution in [0.4, 0.5) is 0 Å². The maximum Gasteiger partial charge on any atom is 0.0954 e. The first-order chi connectivity index (χ1) is 9.93. The van der Waals surface area contributed by atoms with Gasteiger partial charge in [-0.05, 0) is 49.8 Å². The Morgan fingerprint density at radius 3 is 3.00 bits per heavy atom. The van der Waals surface area contributed by atoms with E-state index in [9.17, 15) is 0 Å². The predicted molar refractivity (Wildman–Crippen MR) is 79.7 cm³/mol. The van der Waals surface area contributed by atoms with Gasteiger partial charge < -0.3 is 9.88 Å². The molecule has 2 aliphatic rings. The third-order valence-electron chi connectivity index (χ3n) is 4.79. The first-order valence-electron chi connectivity index (χ1n) is 7.76. The first kappa shape index (κ1) is 12.2. The minimum Gasteiger partial charge on any atom is -0.326 e. The maximum atomic E-state index is 4.44. The zero-order chi connectivity index (χ0) is 13.4. The summed E-state index contributed by atoms with van der Waals surface area (Å²) in [5.74, 6) is 0. The molecule has 1 unspecified atom stereocenters. The summed E-state index contributed by atoms with van der Waals surface area (Å²) in [6.45, 7) is 1.14. The van der Waals surface area contributed by atoms with Crippen molar-refractivity contribution >= 4 is 0 Å². The Balaban J connectivity index is 1.74. The lowest BCUT2D eigenvalue weighted by atomic mass is 9.87. The lowest BCUT2D eigenvalue weighted by Crippen LogP contribution is -2.22. The third kappa shape index (κ3) is 1.97. The molecule has 1 aromatic heterocycles. The van der Waals surface area contributed by atoms with Crippen LogP contribution in [0.15, 0.2) is 36.8 Å². The fourth-order valence-electron chi connectivity index (χ4n) is 3.80. The van der Waals surface area contributed by atoms with Crippen LogP contribution in [0.25, 0.3) is 0 Å². The van der Waals surface area contributed by atoms with Crippen molar-refractivity contribution in [3.63, 3.8) is 0 Å². The molecular formula is C17H21N3. The van der Waals surface area contributed by atoms with E-state index >= 15 is 0 Å². The van der Waals surface area contributed by atoms with Crippen LogP contribution in [-0.2, 0) is 6.42 Å². The summed E-state index contributed by atoms with van der Waals surface area (Å²) in [6.07, 6.45) is 10.3. The van der Waals surface area contributed by atoms with E-state index in [0.717, 1.165) is 6.54 Å². The summed E-state index contributed by atoms with van der Waals surface area (Å²) in [5, 5.41) is 3.60. The third-order valence-corrected chi connectivity index (χ3v) is 4.79. The molecule has 0 radical (unpaired) electrons. The van der Waals surface area contributed by atoms with E-state index in [2.05, 4.69) is 45.3 Å².